The molecule has 1 aromatic carbocycles. The molecule has 0 spiro atoms. The van der Waals surface area contributed by atoms with Crippen molar-refractivity contribution in [2.45, 2.75) is 50.1 Å². The van der Waals surface area contributed by atoms with Crippen molar-refractivity contribution in [1.82, 2.24) is 4.31 Å². The molecule has 128 valence electrons. The summed E-state index contributed by atoms with van der Waals surface area (Å²) in [6, 6.07) is 5.47. The van der Waals surface area contributed by atoms with Crippen molar-refractivity contribution in [3.05, 3.63) is 29.8 Å². The van der Waals surface area contributed by atoms with Gasteiger partial charge in [0.2, 0.25) is 10.0 Å². The van der Waals surface area contributed by atoms with Crippen molar-refractivity contribution in [3.8, 4) is 0 Å². The minimum absolute atomic E-state index is 0.179. The normalized spacial score (nSPS) is 20.9. The fraction of sp³-hybridized carbons (Fsp3) is 0.562. The average Bonchev–Trinajstić information content (AvgIpc) is 2.55. The van der Waals surface area contributed by atoms with E-state index in [0.717, 1.165) is 19.3 Å². The van der Waals surface area contributed by atoms with E-state index < -0.39 is 16.0 Å². The highest BCUT2D eigenvalue weighted by Gasteiger charge is 2.35. The van der Waals surface area contributed by atoms with Gasteiger partial charge in [0, 0.05) is 18.6 Å². The quantitative estimate of drug-likeness (QED) is 0.825. The van der Waals surface area contributed by atoms with Gasteiger partial charge in [-0.25, -0.2) is 13.2 Å². The van der Waals surface area contributed by atoms with Crippen LogP contribution in [0.2, 0.25) is 0 Å². The topological polar surface area (TPSA) is 89.7 Å². The number of sulfonamides is 1. The van der Waals surface area contributed by atoms with Crippen LogP contribution in [0.4, 0.5) is 0 Å². The van der Waals surface area contributed by atoms with Gasteiger partial charge in [-0.3, -0.25) is 0 Å². The second-order valence-electron chi connectivity index (χ2n) is 5.78. The zero-order valence-electron chi connectivity index (χ0n) is 13.6. The van der Waals surface area contributed by atoms with Crippen LogP contribution >= 0.6 is 0 Å². The summed E-state index contributed by atoms with van der Waals surface area (Å²) in [6.07, 6.45) is 2.60. The van der Waals surface area contributed by atoms with Crippen molar-refractivity contribution in [1.29, 1.82) is 0 Å². The van der Waals surface area contributed by atoms with Gasteiger partial charge in [0.05, 0.1) is 17.1 Å². The minimum atomic E-state index is -3.61. The van der Waals surface area contributed by atoms with Gasteiger partial charge in [0.15, 0.2) is 0 Å². The molecule has 0 aromatic heterocycles. The predicted molar refractivity (Wildman–Crippen MR) is 87.6 cm³/mol. The number of hydrogen-bond acceptors (Lipinski definition) is 5. The number of hydrogen-bond donors (Lipinski definition) is 1. The molecule has 0 radical (unpaired) electrons. The van der Waals surface area contributed by atoms with Crippen LogP contribution in [-0.4, -0.2) is 43.9 Å². The third-order valence-corrected chi connectivity index (χ3v) is 6.02. The minimum Gasteiger partial charge on any atom is -0.462 e. The van der Waals surface area contributed by atoms with Crippen molar-refractivity contribution < 1.29 is 17.9 Å². The van der Waals surface area contributed by atoms with Gasteiger partial charge in [-0.1, -0.05) is 6.42 Å². The summed E-state index contributed by atoms with van der Waals surface area (Å²) in [5.41, 5.74) is 6.30. The SMILES string of the molecule is CCOC(=O)c1ccc(S(=O)(=O)N2CCCCC2C(C)N)cc1. The second kappa shape index (κ2) is 7.42. The Morgan fingerprint density at radius 2 is 2.00 bits per heavy atom. The van der Waals surface area contributed by atoms with Crippen LogP contribution in [0.15, 0.2) is 29.2 Å². The maximum Gasteiger partial charge on any atom is 0.338 e. The molecule has 7 heteroatoms. The zero-order valence-corrected chi connectivity index (χ0v) is 14.4. The molecular formula is C16H24N2O4S. The van der Waals surface area contributed by atoms with E-state index in [0.29, 0.717) is 12.1 Å². The Hall–Kier alpha value is -1.44. The number of benzene rings is 1. The monoisotopic (exact) mass is 340 g/mol. The van der Waals surface area contributed by atoms with Crippen LogP contribution in [0.1, 0.15) is 43.5 Å². The Bertz CT molecular complexity index is 641. The molecule has 1 aromatic rings. The Kier molecular flexibility index (Phi) is 5.78. The number of ether oxygens (including phenoxy) is 1. The van der Waals surface area contributed by atoms with Crippen LogP contribution in [0, 0.1) is 0 Å². The van der Waals surface area contributed by atoms with E-state index in [1.807, 2.05) is 6.92 Å². The van der Waals surface area contributed by atoms with Crippen LogP contribution in [0.3, 0.4) is 0 Å². The third kappa shape index (κ3) is 3.91. The highest BCUT2D eigenvalue weighted by atomic mass is 32.2. The lowest BCUT2D eigenvalue weighted by Crippen LogP contribution is -2.51. The molecule has 2 unspecified atom stereocenters. The first-order chi connectivity index (χ1) is 10.9. The van der Waals surface area contributed by atoms with Crippen molar-refractivity contribution in [2.24, 2.45) is 5.73 Å². The van der Waals surface area contributed by atoms with E-state index in [-0.39, 0.29) is 23.6 Å². The number of nitrogens with zero attached hydrogens (tertiary/aromatic N) is 1. The summed E-state index contributed by atoms with van der Waals surface area (Å²) < 4.78 is 32.1. The molecule has 6 nitrogen and oxygen atoms in total. The molecule has 2 N–H and O–H groups in total. The molecule has 2 rings (SSSR count). The summed E-state index contributed by atoms with van der Waals surface area (Å²) in [5.74, 6) is -0.456. The van der Waals surface area contributed by atoms with E-state index in [4.69, 9.17) is 10.5 Å². The van der Waals surface area contributed by atoms with Gasteiger partial charge in [0.25, 0.3) is 0 Å². The molecule has 1 saturated heterocycles. The smallest absolute Gasteiger partial charge is 0.338 e. The predicted octanol–water partition coefficient (Wildman–Crippen LogP) is 1.75. The molecule has 2 atom stereocenters. The Morgan fingerprint density at radius 1 is 1.35 bits per heavy atom. The van der Waals surface area contributed by atoms with E-state index in [9.17, 15) is 13.2 Å². The van der Waals surface area contributed by atoms with E-state index >= 15 is 0 Å². The fourth-order valence-corrected chi connectivity index (χ4v) is 4.64. The molecule has 1 heterocycles. The molecule has 23 heavy (non-hydrogen) atoms. The fourth-order valence-electron chi connectivity index (χ4n) is 2.87. The summed E-state index contributed by atoms with van der Waals surface area (Å²) >= 11 is 0. The van der Waals surface area contributed by atoms with Gasteiger partial charge in [0.1, 0.15) is 0 Å². The van der Waals surface area contributed by atoms with Crippen LogP contribution in [0.5, 0.6) is 0 Å². The van der Waals surface area contributed by atoms with E-state index in [1.54, 1.807) is 6.92 Å². The summed E-state index contributed by atoms with van der Waals surface area (Å²) in [4.78, 5) is 11.8. The van der Waals surface area contributed by atoms with E-state index in [1.165, 1.54) is 28.6 Å². The molecule has 0 saturated carbocycles. The van der Waals surface area contributed by atoms with Crippen molar-refractivity contribution >= 4 is 16.0 Å². The lowest BCUT2D eigenvalue weighted by atomic mass is 10.00. The number of piperidine rings is 1. The van der Waals surface area contributed by atoms with Crippen LogP contribution in [0.25, 0.3) is 0 Å². The molecule has 0 amide bonds. The van der Waals surface area contributed by atoms with E-state index in [2.05, 4.69) is 0 Å². The number of carbonyl (C=O) groups excluding carboxylic acids is 1. The van der Waals surface area contributed by atoms with Crippen molar-refractivity contribution in [2.75, 3.05) is 13.2 Å². The summed E-state index contributed by atoms with van der Waals surface area (Å²) in [5, 5.41) is 0. The maximum atomic E-state index is 12.9. The van der Waals surface area contributed by atoms with Gasteiger partial charge in [-0.05, 0) is 51.0 Å². The molecule has 1 fully saturated rings. The molecular weight excluding hydrogens is 316 g/mol. The van der Waals surface area contributed by atoms with Gasteiger partial charge in [-0.15, -0.1) is 0 Å². The Labute approximate surface area is 137 Å². The highest BCUT2D eigenvalue weighted by Crippen LogP contribution is 2.26. The van der Waals surface area contributed by atoms with Gasteiger partial charge >= 0.3 is 5.97 Å². The van der Waals surface area contributed by atoms with Gasteiger partial charge < -0.3 is 10.5 Å². The molecule has 1 aliphatic rings. The lowest BCUT2D eigenvalue weighted by Gasteiger charge is -2.36. The van der Waals surface area contributed by atoms with Gasteiger partial charge in [-0.2, -0.15) is 4.31 Å². The first kappa shape index (κ1) is 17.9. The number of nitrogens with two attached hydrogens (primary N) is 1. The summed E-state index contributed by atoms with van der Waals surface area (Å²) in [6.45, 7) is 4.32. The first-order valence-corrected chi connectivity index (χ1v) is 9.36. The average molecular weight is 340 g/mol. The highest BCUT2D eigenvalue weighted by molar-refractivity contribution is 7.89. The largest absolute Gasteiger partial charge is 0.462 e. The molecule has 1 aliphatic heterocycles. The Morgan fingerprint density at radius 3 is 2.57 bits per heavy atom. The summed E-state index contributed by atoms with van der Waals surface area (Å²) in [7, 11) is -3.61. The van der Waals surface area contributed by atoms with Crippen LogP contribution < -0.4 is 5.73 Å². The number of carbonyl (C=O) groups is 1. The standard InChI is InChI=1S/C16H24N2O4S/c1-3-22-16(19)13-7-9-14(10-8-13)23(20,21)18-11-5-4-6-15(18)12(2)17/h7-10,12,15H,3-6,11,17H2,1-2H3. The second-order valence-corrected chi connectivity index (χ2v) is 7.67. The molecule has 0 aliphatic carbocycles. The Balaban J connectivity index is 2.26. The first-order valence-electron chi connectivity index (χ1n) is 7.92. The van der Waals surface area contributed by atoms with Crippen LogP contribution in [-0.2, 0) is 14.8 Å². The number of esters is 1. The van der Waals surface area contributed by atoms with Crippen molar-refractivity contribution in [3.63, 3.8) is 0 Å². The lowest BCUT2D eigenvalue weighted by molar-refractivity contribution is 0.0526. The maximum absolute atomic E-state index is 12.9. The third-order valence-electron chi connectivity index (χ3n) is 4.08. The number of rotatable bonds is 5. The zero-order chi connectivity index (χ0) is 17.0. The molecule has 0 bridgehead atoms.